The lowest BCUT2D eigenvalue weighted by molar-refractivity contribution is 0.484. The maximum absolute atomic E-state index is 11.5. The monoisotopic (exact) mass is 299 g/mol. The van der Waals surface area contributed by atoms with E-state index in [9.17, 15) is 13.0 Å². The standard InChI is InChI=1S/C16H13NO3S/c17-16-13(11-5-2-1-3-6-11)10-9-12-7-4-8-14(15(12)16)21(18,19)20/h1-10H,17H2,(H,18,19,20). The van der Waals surface area contributed by atoms with E-state index in [1.165, 1.54) is 6.07 Å². The Labute approximate surface area is 122 Å². The lowest BCUT2D eigenvalue weighted by Gasteiger charge is -2.12. The Morgan fingerprint density at radius 1 is 0.857 bits per heavy atom. The summed E-state index contributed by atoms with van der Waals surface area (Å²) in [4.78, 5) is -0.171. The van der Waals surface area contributed by atoms with Crippen molar-refractivity contribution < 1.29 is 13.0 Å². The minimum Gasteiger partial charge on any atom is -0.398 e. The molecule has 0 spiro atoms. The van der Waals surface area contributed by atoms with E-state index in [1.54, 1.807) is 18.2 Å². The summed E-state index contributed by atoms with van der Waals surface area (Å²) in [6.45, 7) is 0. The lowest BCUT2D eigenvalue weighted by atomic mass is 9.99. The fraction of sp³-hybridized carbons (Fsp3) is 0. The molecule has 5 heteroatoms. The summed E-state index contributed by atoms with van der Waals surface area (Å²) in [5.41, 5.74) is 8.14. The van der Waals surface area contributed by atoms with Crippen LogP contribution in [0.5, 0.6) is 0 Å². The van der Waals surface area contributed by atoms with Crippen LogP contribution in [-0.4, -0.2) is 13.0 Å². The normalized spacial score (nSPS) is 11.7. The van der Waals surface area contributed by atoms with Gasteiger partial charge in [0.05, 0.1) is 0 Å². The van der Waals surface area contributed by atoms with Crippen LogP contribution in [-0.2, 0) is 10.1 Å². The highest BCUT2D eigenvalue weighted by Crippen LogP contribution is 2.35. The predicted molar refractivity (Wildman–Crippen MR) is 83.6 cm³/mol. The Bertz CT molecular complexity index is 919. The van der Waals surface area contributed by atoms with E-state index in [1.807, 2.05) is 36.4 Å². The van der Waals surface area contributed by atoms with Crippen LogP contribution in [0.3, 0.4) is 0 Å². The molecule has 0 aliphatic carbocycles. The molecule has 4 nitrogen and oxygen atoms in total. The fourth-order valence-electron chi connectivity index (χ4n) is 2.46. The van der Waals surface area contributed by atoms with E-state index in [2.05, 4.69) is 0 Å². The summed E-state index contributed by atoms with van der Waals surface area (Å²) >= 11 is 0. The fourth-order valence-corrected chi connectivity index (χ4v) is 3.19. The van der Waals surface area contributed by atoms with E-state index >= 15 is 0 Å². The number of nitrogens with two attached hydrogens (primary N) is 1. The molecule has 3 N–H and O–H groups in total. The Morgan fingerprint density at radius 2 is 1.57 bits per heavy atom. The first-order valence-corrected chi connectivity index (χ1v) is 7.76. The molecule has 0 heterocycles. The van der Waals surface area contributed by atoms with Crippen molar-refractivity contribution in [1.29, 1.82) is 0 Å². The van der Waals surface area contributed by atoms with Crippen molar-refractivity contribution in [3.05, 3.63) is 60.7 Å². The van der Waals surface area contributed by atoms with E-state index in [0.29, 0.717) is 16.5 Å². The van der Waals surface area contributed by atoms with Gasteiger partial charge in [-0.05, 0) is 17.0 Å². The number of anilines is 1. The maximum Gasteiger partial charge on any atom is 0.295 e. The summed E-state index contributed by atoms with van der Waals surface area (Å²) < 4.78 is 32.5. The second-order valence-electron chi connectivity index (χ2n) is 4.72. The van der Waals surface area contributed by atoms with Crippen molar-refractivity contribution in [3.8, 4) is 11.1 Å². The zero-order chi connectivity index (χ0) is 15.0. The van der Waals surface area contributed by atoms with Crippen LogP contribution in [0.25, 0.3) is 21.9 Å². The highest BCUT2D eigenvalue weighted by Gasteiger charge is 2.17. The molecule has 0 fully saturated rings. The quantitative estimate of drug-likeness (QED) is 0.562. The van der Waals surface area contributed by atoms with Gasteiger partial charge in [0.25, 0.3) is 10.1 Å². The number of rotatable bonds is 2. The second-order valence-corrected chi connectivity index (χ2v) is 6.11. The molecule has 0 bridgehead atoms. The average molecular weight is 299 g/mol. The number of fused-ring (bicyclic) bond motifs is 1. The van der Waals surface area contributed by atoms with Crippen molar-refractivity contribution in [3.63, 3.8) is 0 Å². The molecule has 0 aliphatic heterocycles. The van der Waals surface area contributed by atoms with Crippen LogP contribution in [0.15, 0.2) is 65.6 Å². The topological polar surface area (TPSA) is 80.4 Å². The molecule has 0 radical (unpaired) electrons. The largest absolute Gasteiger partial charge is 0.398 e. The Morgan fingerprint density at radius 3 is 2.24 bits per heavy atom. The third-order valence-electron chi connectivity index (χ3n) is 3.41. The highest BCUT2D eigenvalue weighted by atomic mass is 32.2. The van der Waals surface area contributed by atoms with Gasteiger partial charge in [0, 0.05) is 16.6 Å². The summed E-state index contributed by atoms with van der Waals surface area (Å²) in [5, 5.41) is 1.02. The molecule has 0 amide bonds. The average Bonchev–Trinajstić information content (AvgIpc) is 2.47. The van der Waals surface area contributed by atoms with Crippen molar-refractivity contribution in [2.24, 2.45) is 0 Å². The number of hydrogen-bond donors (Lipinski definition) is 2. The highest BCUT2D eigenvalue weighted by molar-refractivity contribution is 7.86. The Hall–Kier alpha value is -2.37. The first-order chi connectivity index (χ1) is 9.98. The van der Waals surface area contributed by atoms with Gasteiger partial charge in [-0.15, -0.1) is 0 Å². The molecule has 106 valence electrons. The summed E-state index contributed by atoms with van der Waals surface area (Å²) in [6.07, 6.45) is 0. The zero-order valence-corrected chi connectivity index (χ0v) is 11.8. The molecular weight excluding hydrogens is 286 g/mol. The van der Waals surface area contributed by atoms with Gasteiger partial charge in [0.2, 0.25) is 0 Å². The molecule has 0 aliphatic rings. The van der Waals surface area contributed by atoms with Gasteiger partial charge in [-0.25, -0.2) is 0 Å². The predicted octanol–water partition coefficient (Wildman–Crippen LogP) is 3.34. The summed E-state index contributed by atoms with van der Waals surface area (Å²) in [6, 6.07) is 17.8. The SMILES string of the molecule is Nc1c(-c2ccccc2)ccc2cccc(S(=O)(=O)O)c12. The smallest absolute Gasteiger partial charge is 0.295 e. The summed E-state index contributed by atoms with van der Waals surface area (Å²) in [7, 11) is -4.33. The van der Waals surface area contributed by atoms with Gasteiger partial charge in [0.1, 0.15) is 4.90 Å². The van der Waals surface area contributed by atoms with Crippen molar-refractivity contribution in [2.75, 3.05) is 5.73 Å². The molecule has 3 aromatic rings. The van der Waals surface area contributed by atoms with Crippen LogP contribution < -0.4 is 5.73 Å². The molecule has 0 saturated carbocycles. The molecule has 0 saturated heterocycles. The van der Waals surface area contributed by atoms with Crippen LogP contribution in [0.2, 0.25) is 0 Å². The molecule has 0 unspecified atom stereocenters. The first kappa shape index (κ1) is 13.6. The minimum atomic E-state index is -4.33. The van der Waals surface area contributed by atoms with Gasteiger partial charge < -0.3 is 5.73 Å². The number of benzene rings is 3. The third kappa shape index (κ3) is 2.37. The molecule has 0 aromatic heterocycles. The van der Waals surface area contributed by atoms with Crippen LogP contribution in [0, 0.1) is 0 Å². The second kappa shape index (κ2) is 4.87. The van der Waals surface area contributed by atoms with Gasteiger partial charge in [-0.1, -0.05) is 54.6 Å². The van der Waals surface area contributed by atoms with Crippen molar-refractivity contribution in [2.45, 2.75) is 4.90 Å². The maximum atomic E-state index is 11.5. The molecular formula is C16H13NO3S. The van der Waals surface area contributed by atoms with Gasteiger partial charge in [0.15, 0.2) is 0 Å². The van der Waals surface area contributed by atoms with E-state index < -0.39 is 10.1 Å². The van der Waals surface area contributed by atoms with Gasteiger partial charge in [-0.3, -0.25) is 4.55 Å². The van der Waals surface area contributed by atoms with Crippen LogP contribution in [0.4, 0.5) is 5.69 Å². The molecule has 3 aromatic carbocycles. The Kier molecular flexibility index (Phi) is 3.16. The first-order valence-electron chi connectivity index (χ1n) is 6.32. The van der Waals surface area contributed by atoms with Crippen LogP contribution in [0.1, 0.15) is 0 Å². The number of hydrogen-bond acceptors (Lipinski definition) is 3. The Balaban J connectivity index is 2.40. The zero-order valence-electron chi connectivity index (χ0n) is 11.0. The molecule has 0 atom stereocenters. The third-order valence-corrected chi connectivity index (χ3v) is 4.31. The minimum absolute atomic E-state index is 0.171. The van der Waals surface area contributed by atoms with Crippen molar-refractivity contribution in [1.82, 2.24) is 0 Å². The lowest BCUT2D eigenvalue weighted by Crippen LogP contribution is -2.02. The summed E-state index contributed by atoms with van der Waals surface area (Å²) in [5.74, 6) is 0. The van der Waals surface area contributed by atoms with Crippen LogP contribution >= 0.6 is 0 Å². The van der Waals surface area contributed by atoms with E-state index in [0.717, 1.165) is 11.1 Å². The number of nitrogen functional groups attached to an aromatic ring is 1. The molecule has 21 heavy (non-hydrogen) atoms. The van der Waals surface area contributed by atoms with Gasteiger partial charge >= 0.3 is 0 Å². The van der Waals surface area contributed by atoms with Gasteiger partial charge in [-0.2, -0.15) is 8.42 Å². The van der Waals surface area contributed by atoms with E-state index in [-0.39, 0.29) is 4.90 Å². The van der Waals surface area contributed by atoms with E-state index in [4.69, 9.17) is 5.73 Å². The molecule has 3 rings (SSSR count). The van der Waals surface area contributed by atoms with Crippen molar-refractivity contribution >= 4 is 26.6 Å².